The van der Waals surface area contributed by atoms with Crippen LogP contribution in [-0.2, 0) is 21.3 Å². The monoisotopic (exact) mass is 368 g/mol. The Balaban J connectivity index is 1.86. The number of carbonyl (C=O) groups is 1. The second kappa shape index (κ2) is 7.51. The molecule has 1 aromatic carbocycles. The Morgan fingerprint density at radius 1 is 1.26 bits per heavy atom. The molecule has 1 amide bonds. The number of hydrogen-bond acceptors (Lipinski definition) is 3. The van der Waals surface area contributed by atoms with E-state index in [4.69, 9.17) is 9.47 Å². The molecule has 1 N–H and O–H groups in total. The van der Waals surface area contributed by atoms with Crippen LogP contribution < -0.4 is 5.32 Å². The molecule has 1 aliphatic rings. The van der Waals surface area contributed by atoms with Crippen molar-refractivity contribution in [1.29, 1.82) is 0 Å². The van der Waals surface area contributed by atoms with Crippen LogP contribution in [-0.4, -0.2) is 24.7 Å². The first-order chi connectivity index (χ1) is 12.8. The number of allylic oxidation sites excluding steroid dienone is 2. The van der Waals surface area contributed by atoms with Crippen molar-refractivity contribution in [1.82, 2.24) is 4.57 Å². The van der Waals surface area contributed by atoms with E-state index in [0.717, 1.165) is 27.9 Å². The van der Waals surface area contributed by atoms with Crippen LogP contribution in [0, 0.1) is 18.8 Å². The van der Waals surface area contributed by atoms with Gasteiger partial charge >= 0.3 is 0 Å². The lowest BCUT2D eigenvalue weighted by Crippen LogP contribution is -2.29. The van der Waals surface area contributed by atoms with E-state index in [2.05, 4.69) is 36.9 Å². The highest BCUT2D eigenvalue weighted by molar-refractivity contribution is 5.97. The summed E-state index contributed by atoms with van der Waals surface area (Å²) in [5.41, 5.74) is 4.27. The van der Waals surface area contributed by atoms with Crippen molar-refractivity contribution in [2.45, 2.75) is 27.2 Å². The molecule has 0 spiro atoms. The highest BCUT2D eigenvalue weighted by Gasteiger charge is 2.31. The van der Waals surface area contributed by atoms with E-state index < -0.39 is 0 Å². The number of anilines is 1. The SMILES string of the molecule is COC1=CC(OC)=C(C(C)C)CC1C(=O)Nc1ccc2c(c1)c(C)cn2C. The number of hydrogen-bond donors (Lipinski definition) is 1. The van der Waals surface area contributed by atoms with Gasteiger partial charge in [0.05, 0.1) is 20.1 Å². The zero-order chi connectivity index (χ0) is 19.7. The molecule has 3 rings (SSSR count). The maximum atomic E-state index is 13.0. The molecule has 5 heteroatoms. The predicted molar refractivity (Wildman–Crippen MR) is 108 cm³/mol. The summed E-state index contributed by atoms with van der Waals surface area (Å²) < 4.78 is 13.1. The number of nitrogens with one attached hydrogen (secondary N) is 1. The van der Waals surface area contributed by atoms with Crippen molar-refractivity contribution in [2.24, 2.45) is 18.9 Å². The van der Waals surface area contributed by atoms with Crippen LogP contribution in [0.3, 0.4) is 0 Å². The number of ether oxygens (including phenoxy) is 2. The van der Waals surface area contributed by atoms with E-state index in [1.807, 2.05) is 31.3 Å². The molecule has 0 aliphatic heterocycles. The van der Waals surface area contributed by atoms with Crippen molar-refractivity contribution in [3.63, 3.8) is 0 Å². The van der Waals surface area contributed by atoms with Gasteiger partial charge in [-0.25, -0.2) is 0 Å². The molecule has 1 unspecified atom stereocenters. The number of benzene rings is 1. The second-order valence-corrected chi connectivity index (χ2v) is 7.40. The summed E-state index contributed by atoms with van der Waals surface area (Å²) >= 11 is 0. The molecule has 27 heavy (non-hydrogen) atoms. The first-order valence-electron chi connectivity index (χ1n) is 9.24. The summed E-state index contributed by atoms with van der Waals surface area (Å²) in [6.07, 6.45) is 4.53. The van der Waals surface area contributed by atoms with Crippen molar-refractivity contribution in [2.75, 3.05) is 19.5 Å². The lowest BCUT2D eigenvalue weighted by molar-refractivity contribution is -0.119. The third kappa shape index (κ3) is 3.59. The van der Waals surface area contributed by atoms with Gasteiger partial charge in [0.25, 0.3) is 0 Å². The number of nitrogens with zero attached hydrogens (tertiary/aromatic N) is 1. The molecule has 2 aromatic rings. The number of fused-ring (bicyclic) bond motifs is 1. The molecule has 0 radical (unpaired) electrons. The average molecular weight is 368 g/mol. The van der Waals surface area contributed by atoms with Crippen molar-refractivity contribution in [3.8, 4) is 0 Å². The fourth-order valence-electron chi connectivity index (χ4n) is 3.77. The Labute approximate surface area is 160 Å². The van der Waals surface area contributed by atoms with Gasteiger partial charge in [0.1, 0.15) is 11.5 Å². The first kappa shape index (κ1) is 19.1. The Morgan fingerprint density at radius 2 is 2.00 bits per heavy atom. The summed E-state index contributed by atoms with van der Waals surface area (Å²) in [4.78, 5) is 13.0. The molecule has 144 valence electrons. The molecule has 1 atom stereocenters. The van der Waals surface area contributed by atoms with E-state index in [0.29, 0.717) is 18.1 Å². The van der Waals surface area contributed by atoms with E-state index in [-0.39, 0.29) is 11.8 Å². The molecule has 1 aromatic heterocycles. The van der Waals surface area contributed by atoms with Gasteiger partial charge in [-0.3, -0.25) is 4.79 Å². The van der Waals surface area contributed by atoms with Gasteiger partial charge in [-0.15, -0.1) is 0 Å². The molecule has 0 fully saturated rings. The van der Waals surface area contributed by atoms with E-state index in [9.17, 15) is 4.79 Å². The van der Waals surface area contributed by atoms with Crippen LogP contribution in [0.2, 0.25) is 0 Å². The van der Waals surface area contributed by atoms with Gasteiger partial charge in [0.15, 0.2) is 0 Å². The molecule has 1 heterocycles. The highest BCUT2D eigenvalue weighted by Crippen LogP contribution is 2.35. The third-order valence-electron chi connectivity index (χ3n) is 5.28. The maximum absolute atomic E-state index is 13.0. The number of methoxy groups -OCH3 is 2. The molecule has 0 saturated carbocycles. The van der Waals surface area contributed by atoms with Crippen LogP contribution in [0.4, 0.5) is 5.69 Å². The van der Waals surface area contributed by atoms with Crippen LogP contribution in [0.25, 0.3) is 10.9 Å². The van der Waals surface area contributed by atoms with Gasteiger partial charge in [-0.1, -0.05) is 13.8 Å². The van der Waals surface area contributed by atoms with Gasteiger partial charge in [0.2, 0.25) is 5.91 Å². The summed E-state index contributed by atoms with van der Waals surface area (Å²) in [6, 6.07) is 6.01. The van der Waals surface area contributed by atoms with E-state index >= 15 is 0 Å². The number of carbonyl (C=O) groups excluding carboxylic acids is 1. The zero-order valence-corrected chi connectivity index (χ0v) is 16.9. The van der Waals surface area contributed by atoms with Crippen molar-refractivity contribution >= 4 is 22.5 Å². The van der Waals surface area contributed by atoms with Crippen LogP contribution in [0.15, 0.2) is 47.6 Å². The summed E-state index contributed by atoms with van der Waals surface area (Å²) in [5, 5.41) is 4.21. The number of aryl methyl sites for hydroxylation is 2. The minimum Gasteiger partial charge on any atom is -0.500 e. The largest absolute Gasteiger partial charge is 0.500 e. The quantitative estimate of drug-likeness (QED) is 0.843. The lowest BCUT2D eigenvalue weighted by Gasteiger charge is -2.27. The molecule has 0 saturated heterocycles. The Morgan fingerprint density at radius 3 is 2.63 bits per heavy atom. The smallest absolute Gasteiger partial charge is 0.235 e. The van der Waals surface area contributed by atoms with Crippen LogP contribution in [0.5, 0.6) is 0 Å². The Hall–Kier alpha value is -2.69. The topological polar surface area (TPSA) is 52.5 Å². The minimum absolute atomic E-state index is 0.0654. The Kier molecular flexibility index (Phi) is 5.31. The van der Waals surface area contributed by atoms with Crippen molar-refractivity contribution < 1.29 is 14.3 Å². The fraction of sp³-hybridized carbons (Fsp3) is 0.409. The van der Waals surface area contributed by atoms with Gasteiger partial charge in [0, 0.05) is 35.9 Å². The highest BCUT2D eigenvalue weighted by atomic mass is 16.5. The number of aromatic nitrogens is 1. The van der Waals surface area contributed by atoms with Gasteiger partial charge < -0.3 is 19.4 Å². The standard InChI is InChI=1S/C22H28N2O3/c1-13(2)16-10-18(21(27-6)11-20(16)26-5)22(25)23-15-7-8-19-17(9-15)14(3)12-24(19)4/h7-9,11-13,18H,10H2,1-6H3,(H,23,25). The number of rotatable bonds is 5. The summed E-state index contributed by atoms with van der Waals surface area (Å²) in [7, 11) is 5.27. The predicted octanol–water partition coefficient (Wildman–Crippen LogP) is 4.53. The molecule has 0 bridgehead atoms. The number of amides is 1. The van der Waals surface area contributed by atoms with Crippen LogP contribution >= 0.6 is 0 Å². The summed E-state index contributed by atoms with van der Waals surface area (Å²) in [6.45, 7) is 6.30. The average Bonchev–Trinajstić information content (AvgIpc) is 2.93. The molecular weight excluding hydrogens is 340 g/mol. The van der Waals surface area contributed by atoms with Gasteiger partial charge in [-0.05, 0) is 48.6 Å². The third-order valence-corrected chi connectivity index (χ3v) is 5.28. The van der Waals surface area contributed by atoms with E-state index in [1.165, 1.54) is 5.56 Å². The van der Waals surface area contributed by atoms with E-state index in [1.54, 1.807) is 14.2 Å². The zero-order valence-electron chi connectivity index (χ0n) is 16.9. The summed E-state index contributed by atoms with van der Waals surface area (Å²) in [5.74, 6) is 1.30. The second-order valence-electron chi connectivity index (χ2n) is 7.40. The molecular formula is C22H28N2O3. The molecule has 1 aliphatic carbocycles. The first-order valence-corrected chi connectivity index (χ1v) is 9.24. The maximum Gasteiger partial charge on any atom is 0.235 e. The lowest BCUT2D eigenvalue weighted by atomic mass is 9.85. The van der Waals surface area contributed by atoms with Crippen LogP contribution in [0.1, 0.15) is 25.8 Å². The minimum atomic E-state index is -0.362. The molecule has 5 nitrogen and oxygen atoms in total. The Bertz CT molecular complexity index is 934. The van der Waals surface area contributed by atoms with Gasteiger partial charge in [-0.2, -0.15) is 0 Å². The van der Waals surface area contributed by atoms with Crippen molar-refractivity contribution in [3.05, 3.63) is 53.1 Å². The fourth-order valence-corrected chi connectivity index (χ4v) is 3.77. The normalized spacial score (nSPS) is 17.3.